The molecule has 1 heterocycles. The van der Waals surface area contributed by atoms with Crippen molar-refractivity contribution in [3.05, 3.63) is 83.2 Å². The molecule has 1 fully saturated rings. The molecule has 0 spiro atoms. The lowest BCUT2D eigenvalue weighted by atomic mass is 10.0. The van der Waals surface area contributed by atoms with Crippen LogP contribution in [0.4, 0.5) is 4.39 Å². The fraction of sp³-hybridized carbons (Fsp3) is 0.174. The molecule has 0 aromatic heterocycles. The molecule has 0 aliphatic carbocycles. The molecule has 2 amide bonds. The van der Waals surface area contributed by atoms with Crippen LogP contribution in [0.25, 0.3) is 6.08 Å². The number of carbonyl (C=O) groups excluding carboxylic acids is 2. The summed E-state index contributed by atoms with van der Waals surface area (Å²) in [5, 5.41) is 0.163. The first-order valence-corrected chi connectivity index (χ1v) is 9.65. The van der Waals surface area contributed by atoms with E-state index in [4.69, 9.17) is 17.0 Å². The van der Waals surface area contributed by atoms with Crippen LogP contribution in [-0.2, 0) is 22.6 Å². The van der Waals surface area contributed by atoms with Crippen LogP contribution in [0.5, 0.6) is 5.75 Å². The molecule has 154 valence electrons. The molecule has 2 aromatic carbocycles. The minimum absolute atomic E-state index is 0.0339. The number of halogens is 1. The molecular formula is C23H21FN2O3S. The number of amides is 2. The SMILES string of the molecule is C=CCc1cc(C=C2C(=O)N(C)C(=S)N(C)C2=O)ccc1OCc1cccc(F)c1. The van der Waals surface area contributed by atoms with Gasteiger partial charge in [-0.2, -0.15) is 0 Å². The van der Waals surface area contributed by atoms with Crippen molar-refractivity contribution in [3.8, 4) is 5.75 Å². The van der Waals surface area contributed by atoms with E-state index in [0.717, 1.165) is 5.56 Å². The predicted molar refractivity (Wildman–Crippen MR) is 117 cm³/mol. The Balaban J connectivity index is 1.88. The van der Waals surface area contributed by atoms with E-state index in [9.17, 15) is 14.0 Å². The molecule has 1 aliphatic rings. The van der Waals surface area contributed by atoms with E-state index in [1.54, 1.807) is 36.4 Å². The molecule has 30 heavy (non-hydrogen) atoms. The third kappa shape index (κ3) is 4.46. The summed E-state index contributed by atoms with van der Waals surface area (Å²) >= 11 is 5.10. The summed E-state index contributed by atoms with van der Waals surface area (Å²) in [6.07, 6.45) is 3.81. The van der Waals surface area contributed by atoms with Crippen molar-refractivity contribution in [1.29, 1.82) is 0 Å². The lowest BCUT2D eigenvalue weighted by molar-refractivity contribution is -0.132. The van der Waals surface area contributed by atoms with Gasteiger partial charge in [0.05, 0.1) is 0 Å². The Morgan fingerprint density at radius 2 is 1.80 bits per heavy atom. The number of thiocarbonyl (C=S) groups is 1. The van der Waals surface area contributed by atoms with Gasteiger partial charge in [-0.05, 0) is 65.7 Å². The molecule has 0 atom stereocenters. The van der Waals surface area contributed by atoms with Crippen LogP contribution in [0.2, 0.25) is 0 Å². The van der Waals surface area contributed by atoms with Crippen molar-refractivity contribution >= 4 is 35.2 Å². The van der Waals surface area contributed by atoms with Gasteiger partial charge in [-0.25, -0.2) is 4.39 Å². The predicted octanol–water partition coefficient (Wildman–Crippen LogP) is 3.73. The largest absolute Gasteiger partial charge is 0.489 e. The molecular weight excluding hydrogens is 403 g/mol. The van der Waals surface area contributed by atoms with Crippen LogP contribution in [0, 0.1) is 5.82 Å². The van der Waals surface area contributed by atoms with Crippen LogP contribution in [0.3, 0.4) is 0 Å². The number of benzene rings is 2. The van der Waals surface area contributed by atoms with Crippen LogP contribution in [0.1, 0.15) is 16.7 Å². The Hall–Kier alpha value is -3.32. The second kappa shape index (κ2) is 9.00. The Kier molecular flexibility index (Phi) is 6.42. The second-order valence-electron chi connectivity index (χ2n) is 6.85. The Labute approximate surface area is 180 Å². The maximum absolute atomic E-state index is 13.4. The first-order valence-electron chi connectivity index (χ1n) is 9.24. The Morgan fingerprint density at radius 1 is 1.10 bits per heavy atom. The highest BCUT2D eigenvalue weighted by molar-refractivity contribution is 7.80. The number of hydrogen-bond donors (Lipinski definition) is 0. The van der Waals surface area contributed by atoms with Gasteiger partial charge in [-0.1, -0.05) is 24.3 Å². The summed E-state index contributed by atoms with van der Waals surface area (Å²) in [4.78, 5) is 27.6. The van der Waals surface area contributed by atoms with Gasteiger partial charge in [0.1, 0.15) is 23.7 Å². The lowest BCUT2D eigenvalue weighted by Gasteiger charge is -2.31. The van der Waals surface area contributed by atoms with Crippen molar-refractivity contribution < 1.29 is 18.7 Å². The molecule has 0 N–H and O–H groups in total. The van der Waals surface area contributed by atoms with Gasteiger partial charge in [0.2, 0.25) is 0 Å². The van der Waals surface area contributed by atoms with Gasteiger partial charge in [0.15, 0.2) is 5.11 Å². The molecule has 0 bridgehead atoms. The molecule has 2 aromatic rings. The Morgan fingerprint density at radius 3 is 2.43 bits per heavy atom. The van der Waals surface area contributed by atoms with Gasteiger partial charge in [0.25, 0.3) is 11.8 Å². The molecule has 0 radical (unpaired) electrons. The highest BCUT2D eigenvalue weighted by Gasteiger charge is 2.35. The van der Waals surface area contributed by atoms with Gasteiger partial charge in [-0.3, -0.25) is 19.4 Å². The molecule has 1 aliphatic heterocycles. The fourth-order valence-corrected chi connectivity index (χ4v) is 3.24. The van der Waals surface area contributed by atoms with Gasteiger partial charge in [0, 0.05) is 14.1 Å². The average Bonchev–Trinajstić information content (AvgIpc) is 2.73. The second-order valence-corrected chi connectivity index (χ2v) is 7.21. The van der Waals surface area contributed by atoms with Crippen molar-refractivity contribution in [3.63, 3.8) is 0 Å². The first kappa shape index (κ1) is 21.4. The first-order chi connectivity index (χ1) is 14.3. The minimum Gasteiger partial charge on any atom is -0.489 e. The summed E-state index contributed by atoms with van der Waals surface area (Å²) in [6.45, 7) is 3.98. The third-order valence-electron chi connectivity index (χ3n) is 4.69. The maximum Gasteiger partial charge on any atom is 0.265 e. The quantitative estimate of drug-likeness (QED) is 0.307. The van der Waals surface area contributed by atoms with E-state index in [-0.39, 0.29) is 23.1 Å². The standard InChI is InChI=1S/C23H21FN2O3S/c1-4-6-17-11-15(13-19-21(27)25(2)23(30)26(3)22(19)28)9-10-20(17)29-14-16-7-5-8-18(24)12-16/h4-5,7-13H,1,6,14H2,2-3H3. The number of rotatable bonds is 6. The summed E-state index contributed by atoms with van der Waals surface area (Å²) < 4.78 is 19.2. The zero-order valence-electron chi connectivity index (χ0n) is 16.7. The fourth-order valence-electron chi connectivity index (χ4n) is 3.07. The molecule has 0 unspecified atom stereocenters. The number of ether oxygens (including phenoxy) is 1. The molecule has 7 heteroatoms. The van der Waals surface area contributed by atoms with Gasteiger partial charge < -0.3 is 4.74 Å². The number of hydrogen-bond acceptors (Lipinski definition) is 4. The zero-order valence-corrected chi connectivity index (χ0v) is 17.5. The monoisotopic (exact) mass is 424 g/mol. The molecule has 0 saturated carbocycles. The van der Waals surface area contributed by atoms with Crippen LogP contribution in [0.15, 0.2) is 60.7 Å². The van der Waals surface area contributed by atoms with Crippen LogP contribution >= 0.6 is 12.2 Å². The summed E-state index contributed by atoms with van der Waals surface area (Å²) in [7, 11) is 3.07. The highest BCUT2D eigenvalue weighted by atomic mass is 32.1. The number of nitrogens with zero attached hydrogens (tertiary/aromatic N) is 2. The highest BCUT2D eigenvalue weighted by Crippen LogP contribution is 2.25. The van der Waals surface area contributed by atoms with Crippen molar-refractivity contribution in [2.75, 3.05) is 14.1 Å². The summed E-state index contributed by atoms with van der Waals surface area (Å²) in [5.41, 5.74) is 2.26. The summed E-state index contributed by atoms with van der Waals surface area (Å²) in [6, 6.07) is 11.6. The van der Waals surface area contributed by atoms with Gasteiger partial charge in [-0.15, -0.1) is 6.58 Å². The average molecular weight is 424 g/mol. The third-order valence-corrected chi connectivity index (χ3v) is 5.23. The summed E-state index contributed by atoms with van der Waals surface area (Å²) in [5.74, 6) is -0.585. The van der Waals surface area contributed by atoms with E-state index >= 15 is 0 Å². The van der Waals surface area contributed by atoms with E-state index < -0.39 is 11.8 Å². The van der Waals surface area contributed by atoms with Crippen molar-refractivity contribution in [2.24, 2.45) is 0 Å². The van der Waals surface area contributed by atoms with E-state index in [0.29, 0.717) is 23.3 Å². The van der Waals surface area contributed by atoms with Crippen molar-refractivity contribution in [2.45, 2.75) is 13.0 Å². The van der Waals surface area contributed by atoms with Crippen molar-refractivity contribution in [1.82, 2.24) is 9.80 Å². The number of likely N-dealkylation sites (N-methyl/N-ethyl adjacent to an activating group) is 2. The maximum atomic E-state index is 13.4. The van der Waals surface area contributed by atoms with Crippen LogP contribution in [-0.4, -0.2) is 40.8 Å². The lowest BCUT2D eigenvalue weighted by Crippen LogP contribution is -2.52. The smallest absolute Gasteiger partial charge is 0.265 e. The van der Waals surface area contributed by atoms with Gasteiger partial charge >= 0.3 is 0 Å². The minimum atomic E-state index is -0.445. The molecule has 1 saturated heterocycles. The topological polar surface area (TPSA) is 49.9 Å². The number of carbonyl (C=O) groups is 2. The van der Waals surface area contributed by atoms with E-state index in [1.165, 1.54) is 36.0 Å². The Bertz CT molecular complexity index is 1040. The van der Waals surface area contributed by atoms with E-state index in [1.807, 2.05) is 6.07 Å². The zero-order chi connectivity index (χ0) is 21.8. The number of allylic oxidation sites excluding steroid dienone is 1. The van der Waals surface area contributed by atoms with Crippen LogP contribution < -0.4 is 4.74 Å². The molecule has 5 nitrogen and oxygen atoms in total. The van der Waals surface area contributed by atoms with E-state index in [2.05, 4.69) is 6.58 Å². The normalized spacial score (nSPS) is 14.2. The molecule has 3 rings (SSSR count).